The zero-order valence-corrected chi connectivity index (χ0v) is 15.5. The highest BCUT2D eigenvalue weighted by Crippen LogP contribution is 2.46. The van der Waals surface area contributed by atoms with Crippen LogP contribution in [-0.2, 0) is 19.1 Å². The zero-order chi connectivity index (χ0) is 19.3. The summed E-state index contributed by atoms with van der Waals surface area (Å²) in [5.41, 5.74) is 1.08. The number of fused-ring (bicyclic) bond motifs is 1. The van der Waals surface area contributed by atoms with Crippen LogP contribution in [0.1, 0.15) is 32.1 Å². The first-order valence-electron chi connectivity index (χ1n) is 9.80. The number of nitrogens with one attached hydrogen (secondary N) is 1. The Kier molecular flexibility index (Phi) is 3.89. The number of carbonyl (C=O) groups excluding carboxylic acids is 3. The van der Waals surface area contributed by atoms with Crippen molar-refractivity contribution in [1.29, 1.82) is 0 Å². The van der Waals surface area contributed by atoms with Gasteiger partial charge in [0.15, 0.2) is 0 Å². The molecule has 3 aliphatic rings. The molecule has 2 amide bonds. The third kappa shape index (κ3) is 2.66. The van der Waals surface area contributed by atoms with Gasteiger partial charge in [0.1, 0.15) is 12.1 Å². The number of rotatable bonds is 2. The molecule has 2 aliphatic heterocycles. The van der Waals surface area contributed by atoms with Gasteiger partial charge in [0, 0.05) is 24.2 Å². The lowest BCUT2D eigenvalue weighted by Crippen LogP contribution is -2.55. The number of hydrogen-bond donors (Lipinski definition) is 1. The van der Waals surface area contributed by atoms with E-state index >= 15 is 0 Å². The fraction of sp³-hybridized carbons (Fsp3) is 0.500. The Labute approximate surface area is 161 Å². The van der Waals surface area contributed by atoms with Gasteiger partial charge in [0.25, 0.3) is 0 Å². The number of aromatic amines is 1. The van der Waals surface area contributed by atoms with E-state index in [1.54, 1.807) is 16.0 Å². The average molecular weight is 382 g/mol. The molecule has 1 aromatic heterocycles. The van der Waals surface area contributed by atoms with E-state index in [4.69, 9.17) is 4.74 Å². The number of benzene rings is 1. The number of piperazine rings is 1. The maximum absolute atomic E-state index is 13.1. The summed E-state index contributed by atoms with van der Waals surface area (Å²) in [6.07, 6.45) is 5.29. The van der Waals surface area contributed by atoms with Crippen LogP contribution in [0, 0.1) is 5.92 Å². The molecule has 1 spiro atoms. The molecule has 3 fully saturated rings. The highest BCUT2D eigenvalue weighted by Gasteiger charge is 2.55. The van der Waals surface area contributed by atoms with Gasteiger partial charge in [-0.15, -0.1) is 0 Å². The predicted octanol–water partition coefficient (Wildman–Crippen LogP) is 1.61. The molecule has 146 valence electrons. The number of H-pyrrole nitrogens is 1. The van der Waals surface area contributed by atoms with Crippen molar-refractivity contribution in [2.24, 2.45) is 5.92 Å². The molecule has 5 rings (SSSR count). The molecule has 1 atom stereocenters. The Morgan fingerprint density at radius 1 is 1.21 bits per heavy atom. The fourth-order valence-electron chi connectivity index (χ4n) is 4.88. The summed E-state index contributed by atoms with van der Waals surface area (Å²) in [6.45, 7) is 0.917. The van der Waals surface area contributed by atoms with Gasteiger partial charge in [-0.05, 0) is 43.9 Å². The van der Waals surface area contributed by atoms with E-state index in [1.807, 2.05) is 18.2 Å². The predicted molar refractivity (Wildman–Crippen MR) is 100 cm³/mol. The Balaban J connectivity index is 1.32. The summed E-state index contributed by atoms with van der Waals surface area (Å²) < 4.78 is 5.59. The number of ether oxygens (including phenoxy) is 1. The van der Waals surface area contributed by atoms with Crippen molar-refractivity contribution in [3.05, 3.63) is 24.4 Å². The summed E-state index contributed by atoms with van der Waals surface area (Å²) in [5, 5.41) is 7.84. The van der Waals surface area contributed by atoms with Gasteiger partial charge in [-0.25, -0.2) is 0 Å². The smallest absolute Gasteiger partial charge is 0.307 e. The molecule has 2 saturated heterocycles. The van der Waals surface area contributed by atoms with Gasteiger partial charge in [-0.1, -0.05) is 0 Å². The standard InChI is InChI=1S/C20H22N4O4/c25-17-12-23(19(27)15-10-18(26)28-20(15)5-1-2-6-20)7-8-24(17)14-3-4-16-13(9-14)11-21-22-16/h3-4,9,11,15H,1-2,5-8,10,12H2,(H,21,22)/t15-/m0/s1. The largest absolute Gasteiger partial charge is 0.458 e. The molecule has 3 heterocycles. The van der Waals surface area contributed by atoms with Crippen molar-refractivity contribution >= 4 is 34.4 Å². The van der Waals surface area contributed by atoms with Gasteiger partial charge >= 0.3 is 5.97 Å². The van der Waals surface area contributed by atoms with E-state index in [0.29, 0.717) is 13.1 Å². The topological polar surface area (TPSA) is 95.6 Å². The SMILES string of the molecule is O=C1C[C@@H](C(=O)N2CCN(c3ccc4[nH]ncc4c3)C(=O)C2)C2(CCCC2)O1. The Morgan fingerprint density at radius 3 is 2.82 bits per heavy atom. The number of carbonyl (C=O) groups is 3. The molecule has 1 aliphatic carbocycles. The van der Waals surface area contributed by atoms with Crippen LogP contribution in [0.5, 0.6) is 0 Å². The molecule has 1 aromatic carbocycles. The third-order valence-corrected chi connectivity index (χ3v) is 6.34. The molecule has 2 aromatic rings. The second kappa shape index (κ2) is 6.32. The van der Waals surface area contributed by atoms with Gasteiger partial charge in [-0.2, -0.15) is 5.10 Å². The highest BCUT2D eigenvalue weighted by atomic mass is 16.6. The van der Waals surface area contributed by atoms with Crippen LogP contribution in [0.2, 0.25) is 0 Å². The van der Waals surface area contributed by atoms with E-state index in [0.717, 1.165) is 42.3 Å². The Bertz CT molecular complexity index is 962. The van der Waals surface area contributed by atoms with Crippen LogP contribution in [0.15, 0.2) is 24.4 Å². The van der Waals surface area contributed by atoms with Crippen LogP contribution in [0.4, 0.5) is 5.69 Å². The van der Waals surface area contributed by atoms with E-state index in [-0.39, 0.29) is 30.7 Å². The molecule has 8 heteroatoms. The van der Waals surface area contributed by atoms with Crippen molar-refractivity contribution in [2.45, 2.75) is 37.7 Å². The Hall–Kier alpha value is -2.90. The normalized spacial score (nSPS) is 24.4. The first-order chi connectivity index (χ1) is 13.6. The van der Waals surface area contributed by atoms with Crippen molar-refractivity contribution < 1.29 is 19.1 Å². The summed E-state index contributed by atoms with van der Waals surface area (Å²) in [5.74, 6) is -0.984. The van der Waals surface area contributed by atoms with Crippen LogP contribution in [0.25, 0.3) is 10.9 Å². The molecule has 0 radical (unpaired) electrons. The summed E-state index contributed by atoms with van der Waals surface area (Å²) in [4.78, 5) is 41.2. The molecule has 28 heavy (non-hydrogen) atoms. The number of hydrogen-bond acceptors (Lipinski definition) is 5. The fourth-order valence-corrected chi connectivity index (χ4v) is 4.88. The number of esters is 1. The first-order valence-corrected chi connectivity index (χ1v) is 9.80. The van der Waals surface area contributed by atoms with Crippen LogP contribution in [0.3, 0.4) is 0 Å². The van der Waals surface area contributed by atoms with Crippen molar-refractivity contribution in [3.63, 3.8) is 0 Å². The second-order valence-corrected chi connectivity index (χ2v) is 7.95. The van der Waals surface area contributed by atoms with Crippen molar-refractivity contribution in [1.82, 2.24) is 15.1 Å². The van der Waals surface area contributed by atoms with Gasteiger partial charge < -0.3 is 14.5 Å². The number of nitrogens with zero attached hydrogens (tertiary/aromatic N) is 3. The molecular formula is C20H22N4O4. The molecule has 0 bridgehead atoms. The minimum atomic E-state index is -0.638. The molecule has 8 nitrogen and oxygen atoms in total. The number of aromatic nitrogens is 2. The van der Waals surface area contributed by atoms with E-state index in [9.17, 15) is 14.4 Å². The van der Waals surface area contributed by atoms with E-state index in [2.05, 4.69) is 10.2 Å². The van der Waals surface area contributed by atoms with Gasteiger partial charge in [0.05, 0.1) is 24.1 Å². The monoisotopic (exact) mass is 382 g/mol. The van der Waals surface area contributed by atoms with Gasteiger partial charge in [-0.3, -0.25) is 19.5 Å². The maximum Gasteiger partial charge on any atom is 0.307 e. The van der Waals surface area contributed by atoms with Crippen LogP contribution >= 0.6 is 0 Å². The molecule has 1 N–H and O–H groups in total. The summed E-state index contributed by atoms with van der Waals surface area (Å²) in [7, 11) is 0. The van der Waals surface area contributed by atoms with E-state index < -0.39 is 11.5 Å². The molecule has 1 saturated carbocycles. The lowest BCUT2D eigenvalue weighted by atomic mass is 9.84. The lowest BCUT2D eigenvalue weighted by molar-refractivity contribution is -0.152. The van der Waals surface area contributed by atoms with Crippen LogP contribution < -0.4 is 4.90 Å². The van der Waals surface area contributed by atoms with Crippen molar-refractivity contribution in [2.75, 3.05) is 24.5 Å². The van der Waals surface area contributed by atoms with Gasteiger partial charge in [0.2, 0.25) is 11.8 Å². The number of amides is 2. The van der Waals surface area contributed by atoms with E-state index in [1.165, 1.54) is 0 Å². The molecule has 0 unspecified atom stereocenters. The van der Waals surface area contributed by atoms with Crippen molar-refractivity contribution in [3.8, 4) is 0 Å². The summed E-state index contributed by atoms with van der Waals surface area (Å²) in [6, 6.07) is 5.70. The Morgan fingerprint density at radius 2 is 2.04 bits per heavy atom. The first kappa shape index (κ1) is 17.2. The average Bonchev–Trinajstić information content (AvgIpc) is 3.41. The second-order valence-electron chi connectivity index (χ2n) is 7.95. The summed E-state index contributed by atoms with van der Waals surface area (Å²) >= 11 is 0. The highest BCUT2D eigenvalue weighted by molar-refractivity contribution is 6.00. The molecular weight excluding hydrogens is 360 g/mol. The number of anilines is 1. The third-order valence-electron chi connectivity index (χ3n) is 6.34. The lowest BCUT2D eigenvalue weighted by Gasteiger charge is -2.37. The zero-order valence-electron chi connectivity index (χ0n) is 15.5. The minimum absolute atomic E-state index is 0.0308. The maximum atomic E-state index is 13.1. The minimum Gasteiger partial charge on any atom is -0.458 e. The van der Waals surface area contributed by atoms with Crippen LogP contribution in [-0.4, -0.2) is 58.1 Å². The quantitative estimate of drug-likeness (QED) is 0.796.